The summed E-state index contributed by atoms with van der Waals surface area (Å²) in [4.78, 5) is 10.2. The standard InChI is InChI=1S/C13H18O4/c1-9-6-11(3)12(7-10(9)2)17-5-4-16-8-13(14)15/h6-7H,4-5,8H2,1-3H3,(H,14,15). The number of benzene rings is 1. The van der Waals surface area contributed by atoms with Gasteiger partial charge in [0.2, 0.25) is 0 Å². The lowest BCUT2D eigenvalue weighted by Gasteiger charge is -2.11. The van der Waals surface area contributed by atoms with Crippen LogP contribution in [0.2, 0.25) is 0 Å². The highest BCUT2D eigenvalue weighted by molar-refractivity contribution is 5.67. The van der Waals surface area contributed by atoms with Crippen molar-refractivity contribution in [1.82, 2.24) is 0 Å². The molecule has 94 valence electrons. The quantitative estimate of drug-likeness (QED) is 0.771. The number of ether oxygens (including phenoxy) is 2. The summed E-state index contributed by atoms with van der Waals surface area (Å²) in [6.45, 7) is 6.43. The predicted octanol–water partition coefficient (Wildman–Crippen LogP) is 2.09. The van der Waals surface area contributed by atoms with Crippen molar-refractivity contribution < 1.29 is 19.4 Å². The number of rotatable bonds is 6. The van der Waals surface area contributed by atoms with Gasteiger partial charge in [0.1, 0.15) is 19.0 Å². The minimum absolute atomic E-state index is 0.276. The molecule has 0 heterocycles. The number of aliphatic carboxylic acids is 1. The van der Waals surface area contributed by atoms with Gasteiger partial charge in [-0.05, 0) is 43.5 Å². The van der Waals surface area contributed by atoms with E-state index in [1.165, 1.54) is 11.1 Å². The average Bonchev–Trinajstić information content (AvgIpc) is 2.24. The van der Waals surface area contributed by atoms with E-state index in [2.05, 4.69) is 13.0 Å². The first-order chi connectivity index (χ1) is 8.00. The Morgan fingerprint density at radius 2 is 1.76 bits per heavy atom. The summed E-state index contributed by atoms with van der Waals surface area (Å²) in [7, 11) is 0. The normalized spacial score (nSPS) is 10.3. The minimum Gasteiger partial charge on any atom is -0.491 e. The molecule has 0 aromatic heterocycles. The third-order valence-corrected chi connectivity index (χ3v) is 2.50. The minimum atomic E-state index is -0.965. The maximum Gasteiger partial charge on any atom is 0.329 e. The molecule has 0 unspecified atom stereocenters. The first kappa shape index (κ1) is 13.5. The molecule has 4 nitrogen and oxygen atoms in total. The van der Waals surface area contributed by atoms with Crippen LogP contribution in [0.25, 0.3) is 0 Å². The van der Waals surface area contributed by atoms with Gasteiger partial charge in [-0.2, -0.15) is 0 Å². The Bertz CT molecular complexity index is 399. The number of carboxylic acid groups (broad SMARTS) is 1. The Balaban J connectivity index is 2.41. The molecule has 0 saturated carbocycles. The van der Waals surface area contributed by atoms with Crippen LogP contribution in [-0.4, -0.2) is 30.9 Å². The molecule has 0 aliphatic carbocycles. The molecular formula is C13H18O4. The molecule has 0 atom stereocenters. The molecule has 0 aliphatic rings. The third-order valence-electron chi connectivity index (χ3n) is 2.50. The van der Waals surface area contributed by atoms with Gasteiger partial charge in [-0.3, -0.25) is 0 Å². The Morgan fingerprint density at radius 3 is 2.41 bits per heavy atom. The van der Waals surface area contributed by atoms with E-state index in [0.717, 1.165) is 11.3 Å². The van der Waals surface area contributed by atoms with Gasteiger partial charge >= 0.3 is 5.97 Å². The van der Waals surface area contributed by atoms with Crippen LogP contribution >= 0.6 is 0 Å². The van der Waals surface area contributed by atoms with E-state index in [1.54, 1.807) is 0 Å². The van der Waals surface area contributed by atoms with Crippen molar-refractivity contribution in [3.8, 4) is 5.75 Å². The average molecular weight is 238 g/mol. The predicted molar refractivity (Wildman–Crippen MR) is 64.6 cm³/mol. The first-order valence-corrected chi connectivity index (χ1v) is 5.51. The second kappa shape index (κ2) is 6.25. The van der Waals surface area contributed by atoms with Crippen LogP contribution < -0.4 is 4.74 Å². The summed E-state index contributed by atoms with van der Waals surface area (Å²) >= 11 is 0. The molecule has 0 amide bonds. The van der Waals surface area contributed by atoms with E-state index in [9.17, 15) is 4.79 Å². The molecular weight excluding hydrogens is 220 g/mol. The molecule has 1 aromatic carbocycles. The molecule has 17 heavy (non-hydrogen) atoms. The molecule has 1 N–H and O–H groups in total. The maximum absolute atomic E-state index is 10.2. The van der Waals surface area contributed by atoms with Crippen molar-refractivity contribution in [2.24, 2.45) is 0 Å². The van der Waals surface area contributed by atoms with Crippen LogP contribution in [0.1, 0.15) is 16.7 Å². The second-order valence-electron chi connectivity index (χ2n) is 4.00. The van der Waals surface area contributed by atoms with Crippen LogP contribution in [0.15, 0.2) is 12.1 Å². The highest BCUT2D eigenvalue weighted by Crippen LogP contribution is 2.22. The summed E-state index contributed by atoms with van der Waals surface area (Å²) in [6, 6.07) is 4.06. The number of carbonyl (C=O) groups is 1. The highest BCUT2D eigenvalue weighted by Gasteiger charge is 2.03. The number of hydrogen-bond donors (Lipinski definition) is 1. The van der Waals surface area contributed by atoms with Crippen molar-refractivity contribution >= 4 is 5.97 Å². The molecule has 4 heteroatoms. The molecule has 0 radical (unpaired) electrons. The zero-order valence-corrected chi connectivity index (χ0v) is 10.4. The maximum atomic E-state index is 10.2. The molecule has 0 aliphatic heterocycles. The van der Waals surface area contributed by atoms with Gasteiger partial charge in [0.15, 0.2) is 0 Å². The SMILES string of the molecule is Cc1cc(C)c(OCCOCC(=O)O)cc1C. The van der Waals surface area contributed by atoms with Crippen molar-refractivity contribution in [1.29, 1.82) is 0 Å². The van der Waals surface area contributed by atoms with Gasteiger partial charge in [0, 0.05) is 0 Å². The number of aryl methyl sites for hydroxylation is 3. The Morgan fingerprint density at radius 1 is 1.12 bits per heavy atom. The van der Waals surface area contributed by atoms with E-state index in [1.807, 2.05) is 19.9 Å². The Kier molecular flexibility index (Phi) is 4.97. The van der Waals surface area contributed by atoms with Crippen LogP contribution in [0.3, 0.4) is 0 Å². The van der Waals surface area contributed by atoms with Crippen LogP contribution in [0.4, 0.5) is 0 Å². The largest absolute Gasteiger partial charge is 0.491 e. The molecule has 0 saturated heterocycles. The fourth-order valence-electron chi connectivity index (χ4n) is 1.46. The Labute approximate surface area is 101 Å². The third kappa shape index (κ3) is 4.44. The fourth-order valence-corrected chi connectivity index (χ4v) is 1.46. The van der Waals surface area contributed by atoms with E-state index in [4.69, 9.17) is 14.6 Å². The molecule has 1 aromatic rings. The van der Waals surface area contributed by atoms with Crippen LogP contribution in [0.5, 0.6) is 5.75 Å². The summed E-state index contributed by atoms with van der Waals surface area (Å²) in [5.41, 5.74) is 3.49. The topological polar surface area (TPSA) is 55.8 Å². The van der Waals surface area contributed by atoms with Gasteiger partial charge < -0.3 is 14.6 Å². The summed E-state index contributed by atoms with van der Waals surface area (Å²) in [6.07, 6.45) is 0. The Hall–Kier alpha value is -1.55. The smallest absolute Gasteiger partial charge is 0.329 e. The van der Waals surface area contributed by atoms with E-state index >= 15 is 0 Å². The zero-order valence-electron chi connectivity index (χ0n) is 10.4. The molecule has 0 fully saturated rings. The number of carboxylic acids is 1. The summed E-state index contributed by atoms with van der Waals surface area (Å²) in [5.74, 6) is -0.139. The van der Waals surface area contributed by atoms with Crippen molar-refractivity contribution in [3.05, 3.63) is 28.8 Å². The lowest BCUT2D eigenvalue weighted by atomic mass is 10.1. The second-order valence-corrected chi connectivity index (χ2v) is 4.00. The molecule has 1 rings (SSSR count). The van der Waals surface area contributed by atoms with Gasteiger partial charge in [0.25, 0.3) is 0 Å². The van der Waals surface area contributed by atoms with E-state index in [0.29, 0.717) is 6.61 Å². The first-order valence-electron chi connectivity index (χ1n) is 5.51. The van der Waals surface area contributed by atoms with Crippen molar-refractivity contribution in [2.75, 3.05) is 19.8 Å². The van der Waals surface area contributed by atoms with Gasteiger partial charge in [-0.25, -0.2) is 4.79 Å². The lowest BCUT2D eigenvalue weighted by molar-refractivity contribution is -0.142. The van der Waals surface area contributed by atoms with Crippen molar-refractivity contribution in [2.45, 2.75) is 20.8 Å². The van der Waals surface area contributed by atoms with Gasteiger partial charge in [0.05, 0.1) is 6.61 Å². The lowest BCUT2D eigenvalue weighted by Crippen LogP contribution is -2.13. The van der Waals surface area contributed by atoms with E-state index in [-0.39, 0.29) is 13.2 Å². The van der Waals surface area contributed by atoms with Crippen LogP contribution in [-0.2, 0) is 9.53 Å². The summed E-state index contributed by atoms with van der Waals surface area (Å²) < 4.78 is 10.4. The fraction of sp³-hybridized carbons (Fsp3) is 0.462. The molecule has 0 bridgehead atoms. The van der Waals surface area contributed by atoms with Gasteiger partial charge in [-0.15, -0.1) is 0 Å². The summed E-state index contributed by atoms with van der Waals surface area (Å²) in [5, 5.41) is 8.38. The number of hydrogen-bond acceptors (Lipinski definition) is 3. The highest BCUT2D eigenvalue weighted by atomic mass is 16.5. The zero-order chi connectivity index (χ0) is 12.8. The van der Waals surface area contributed by atoms with Gasteiger partial charge in [-0.1, -0.05) is 6.07 Å². The monoisotopic (exact) mass is 238 g/mol. The van der Waals surface area contributed by atoms with E-state index < -0.39 is 5.97 Å². The van der Waals surface area contributed by atoms with Crippen LogP contribution in [0, 0.1) is 20.8 Å². The molecule has 0 spiro atoms. The van der Waals surface area contributed by atoms with Crippen molar-refractivity contribution in [3.63, 3.8) is 0 Å².